The third kappa shape index (κ3) is 5.01. The Morgan fingerprint density at radius 1 is 1.11 bits per heavy atom. The maximum atomic E-state index is 12.9. The molecule has 0 spiro atoms. The van der Waals surface area contributed by atoms with E-state index in [9.17, 15) is 4.79 Å². The topological polar surface area (TPSA) is 83.5 Å². The summed E-state index contributed by atoms with van der Waals surface area (Å²) in [6.07, 6.45) is 3.34. The molecule has 4 heterocycles. The number of carbonyl (C=O) groups excluding carboxylic acids is 1. The second-order valence-electron chi connectivity index (χ2n) is 8.31. The number of aromatic nitrogens is 3. The Labute approximate surface area is 212 Å². The van der Waals surface area contributed by atoms with Crippen LogP contribution in [0, 0.1) is 0 Å². The fraction of sp³-hybridized carbons (Fsp3) is 0.280. The van der Waals surface area contributed by atoms with Crippen LogP contribution in [0.3, 0.4) is 0 Å². The van der Waals surface area contributed by atoms with Gasteiger partial charge in [0.25, 0.3) is 0 Å². The molecule has 1 aromatic carbocycles. The predicted molar refractivity (Wildman–Crippen MR) is 139 cm³/mol. The zero-order valence-electron chi connectivity index (χ0n) is 19.4. The van der Waals surface area contributed by atoms with Crippen molar-refractivity contribution < 1.29 is 9.53 Å². The maximum absolute atomic E-state index is 12.9. The van der Waals surface area contributed by atoms with E-state index in [1.165, 1.54) is 0 Å². The van der Waals surface area contributed by atoms with Crippen molar-refractivity contribution in [1.82, 2.24) is 25.2 Å². The van der Waals surface area contributed by atoms with E-state index in [0.717, 1.165) is 32.0 Å². The van der Waals surface area contributed by atoms with Crippen molar-refractivity contribution in [2.75, 3.05) is 38.2 Å². The Bertz CT molecular complexity index is 1350. The van der Waals surface area contributed by atoms with Gasteiger partial charge in [0.1, 0.15) is 12.1 Å². The molecule has 1 atom stereocenters. The summed E-state index contributed by atoms with van der Waals surface area (Å²) in [7, 11) is 1.61. The zero-order valence-corrected chi connectivity index (χ0v) is 21.0. The number of benzene rings is 1. The SMILES string of the molecule is COc1cc(-c2cc3ncnc(N4CCN(C(=O)N[C@@H](C)c5cccc(Cl)c5)CC4)c3s2)ccn1. The van der Waals surface area contributed by atoms with Crippen LogP contribution >= 0.6 is 22.9 Å². The molecule has 4 aromatic rings. The zero-order chi connectivity index (χ0) is 24.4. The molecule has 1 aliphatic heterocycles. The van der Waals surface area contributed by atoms with Gasteiger partial charge >= 0.3 is 6.03 Å². The van der Waals surface area contributed by atoms with Crippen LogP contribution in [0.15, 0.2) is 55.0 Å². The molecule has 8 nitrogen and oxygen atoms in total. The molecule has 0 radical (unpaired) electrons. The van der Waals surface area contributed by atoms with Crippen molar-refractivity contribution in [1.29, 1.82) is 0 Å². The lowest BCUT2D eigenvalue weighted by molar-refractivity contribution is 0.191. The van der Waals surface area contributed by atoms with E-state index in [1.807, 2.05) is 48.2 Å². The number of halogens is 1. The number of carbonyl (C=O) groups is 1. The number of hydrogen-bond acceptors (Lipinski definition) is 7. The summed E-state index contributed by atoms with van der Waals surface area (Å²) < 4.78 is 6.30. The monoisotopic (exact) mass is 508 g/mol. The first kappa shape index (κ1) is 23.3. The van der Waals surface area contributed by atoms with Gasteiger partial charge in [0.2, 0.25) is 5.88 Å². The minimum absolute atomic E-state index is 0.0741. The fourth-order valence-corrected chi connectivity index (χ4v) is 5.46. The summed E-state index contributed by atoms with van der Waals surface area (Å²) in [5, 5.41) is 3.74. The molecular formula is C25H25ClN6O2S. The summed E-state index contributed by atoms with van der Waals surface area (Å²) in [5.74, 6) is 1.48. The highest BCUT2D eigenvalue weighted by molar-refractivity contribution is 7.22. The summed E-state index contributed by atoms with van der Waals surface area (Å²) in [4.78, 5) is 31.3. The van der Waals surface area contributed by atoms with Crippen LogP contribution in [0.5, 0.6) is 5.88 Å². The molecule has 1 aliphatic rings. The van der Waals surface area contributed by atoms with Crippen LogP contribution in [-0.2, 0) is 0 Å². The summed E-state index contributed by atoms with van der Waals surface area (Å²) in [5.41, 5.74) is 2.91. The molecular weight excluding hydrogens is 484 g/mol. The number of anilines is 1. The average Bonchev–Trinajstić information content (AvgIpc) is 3.33. The minimum atomic E-state index is -0.128. The molecule has 10 heteroatoms. The molecule has 2 amide bonds. The van der Waals surface area contributed by atoms with Crippen LogP contribution in [0.25, 0.3) is 20.7 Å². The second kappa shape index (κ2) is 10.1. The van der Waals surface area contributed by atoms with Crippen LogP contribution in [0.4, 0.5) is 10.6 Å². The number of urea groups is 1. The molecule has 180 valence electrons. The number of amides is 2. The Hall–Kier alpha value is -3.43. The van der Waals surface area contributed by atoms with Gasteiger partial charge < -0.3 is 19.9 Å². The number of nitrogens with one attached hydrogen (secondary N) is 1. The highest BCUT2D eigenvalue weighted by Crippen LogP contribution is 2.37. The second-order valence-corrected chi connectivity index (χ2v) is 9.80. The molecule has 35 heavy (non-hydrogen) atoms. The number of nitrogens with zero attached hydrogens (tertiary/aromatic N) is 5. The summed E-state index contributed by atoms with van der Waals surface area (Å²) in [6.45, 7) is 4.58. The van der Waals surface area contributed by atoms with Crippen molar-refractivity contribution in [2.24, 2.45) is 0 Å². The van der Waals surface area contributed by atoms with Gasteiger partial charge in [0.15, 0.2) is 0 Å². The van der Waals surface area contributed by atoms with Crippen molar-refractivity contribution in [3.05, 3.63) is 65.6 Å². The number of rotatable bonds is 5. The number of fused-ring (bicyclic) bond motifs is 1. The third-order valence-electron chi connectivity index (χ3n) is 6.08. The van der Waals surface area contributed by atoms with Crippen molar-refractivity contribution in [3.63, 3.8) is 0 Å². The standard InChI is InChI=1S/C25H25ClN6O2S/c1-16(17-4-3-5-19(26)12-17)30-25(33)32-10-8-31(9-11-32)24-23-20(28-15-29-24)14-21(35-23)18-6-7-27-22(13-18)34-2/h3-7,12-16H,8-11H2,1-2H3,(H,30,33)/t16-/m0/s1. The number of hydrogen-bond donors (Lipinski definition) is 1. The molecule has 1 saturated heterocycles. The molecule has 0 unspecified atom stereocenters. The van der Waals surface area contributed by atoms with Crippen molar-refractivity contribution in [3.8, 4) is 16.3 Å². The van der Waals surface area contributed by atoms with Crippen molar-refractivity contribution in [2.45, 2.75) is 13.0 Å². The van der Waals surface area contributed by atoms with Gasteiger partial charge in [-0.05, 0) is 42.3 Å². The Balaban J connectivity index is 1.27. The molecule has 0 bridgehead atoms. The Morgan fingerprint density at radius 3 is 2.71 bits per heavy atom. The van der Waals surface area contributed by atoms with Gasteiger partial charge in [0, 0.05) is 48.3 Å². The average molecular weight is 509 g/mol. The number of ether oxygens (including phenoxy) is 1. The van der Waals surface area contributed by atoms with Crippen LogP contribution in [0.2, 0.25) is 5.02 Å². The van der Waals surface area contributed by atoms with Gasteiger partial charge in [-0.1, -0.05) is 23.7 Å². The quantitative estimate of drug-likeness (QED) is 0.408. The Morgan fingerprint density at radius 2 is 1.94 bits per heavy atom. The normalized spacial score (nSPS) is 14.7. The minimum Gasteiger partial charge on any atom is -0.481 e. The molecule has 5 rings (SSSR count). The van der Waals surface area contributed by atoms with E-state index in [0.29, 0.717) is 37.1 Å². The van der Waals surface area contributed by atoms with Crippen LogP contribution in [0.1, 0.15) is 18.5 Å². The molecule has 0 aliphatic carbocycles. The van der Waals surface area contributed by atoms with E-state index in [-0.39, 0.29) is 12.1 Å². The number of methoxy groups -OCH3 is 1. The van der Waals surface area contributed by atoms with Gasteiger partial charge in [-0.3, -0.25) is 0 Å². The first-order chi connectivity index (χ1) is 17.0. The van der Waals surface area contributed by atoms with Crippen LogP contribution in [-0.4, -0.2) is 59.2 Å². The largest absolute Gasteiger partial charge is 0.481 e. The molecule has 3 aromatic heterocycles. The highest BCUT2D eigenvalue weighted by Gasteiger charge is 2.25. The highest BCUT2D eigenvalue weighted by atomic mass is 35.5. The summed E-state index contributed by atoms with van der Waals surface area (Å²) in [6, 6.07) is 13.3. The fourth-order valence-electron chi connectivity index (χ4n) is 4.14. The van der Waals surface area contributed by atoms with Crippen molar-refractivity contribution >= 4 is 45.0 Å². The maximum Gasteiger partial charge on any atom is 0.317 e. The summed E-state index contributed by atoms with van der Waals surface area (Å²) >= 11 is 7.74. The Kier molecular flexibility index (Phi) is 6.70. The van der Waals surface area contributed by atoms with Gasteiger partial charge in [0.05, 0.1) is 23.4 Å². The van der Waals surface area contributed by atoms with E-state index < -0.39 is 0 Å². The first-order valence-electron chi connectivity index (χ1n) is 11.3. The third-order valence-corrected chi connectivity index (χ3v) is 7.48. The molecule has 0 saturated carbocycles. The number of thiophene rings is 1. The van der Waals surface area contributed by atoms with E-state index in [1.54, 1.807) is 31.0 Å². The molecule has 1 N–H and O–H groups in total. The van der Waals surface area contributed by atoms with Gasteiger partial charge in [-0.25, -0.2) is 19.7 Å². The number of piperazine rings is 1. The number of pyridine rings is 1. The lowest BCUT2D eigenvalue weighted by Gasteiger charge is -2.36. The van der Waals surface area contributed by atoms with Crippen LogP contribution < -0.4 is 15.0 Å². The van der Waals surface area contributed by atoms with E-state index in [2.05, 4.69) is 31.2 Å². The van der Waals surface area contributed by atoms with E-state index >= 15 is 0 Å². The predicted octanol–water partition coefficient (Wildman–Crippen LogP) is 5.01. The first-order valence-corrected chi connectivity index (χ1v) is 12.5. The lowest BCUT2D eigenvalue weighted by Crippen LogP contribution is -2.52. The molecule has 1 fully saturated rings. The van der Waals surface area contributed by atoms with Gasteiger partial charge in [-0.2, -0.15) is 0 Å². The lowest BCUT2D eigenvalue weighted by atomic mass is 10.1. The van der Waals surface area contributed by atoms with E-state index in [4.69, 9.17) is 16.3 Å². The smallest absolute Gasteiger partial charge is 0.317 e. The van der Waals surface area contributed by atoms with Gasteiger partial charge in [-0.15, -0.1) is 11.3 Å².